The van der Waals surface area contributed by atoms with Gasteiger partial charge in [0, 0.05) is 12.7 Å². The molecule has 5 nitrogen and oxygen atoms in total. The zero-order valence-electron chi connectivity index (χ0n) is 8.94. The van der Waals surface area contributed by atoms with Crippen molar-refractivity contribution in [3.8, 4) is 0 Å². The zero-order valence-corrected chi connectivity index (χ0v) is 10.5. The van der Waals surface area contributed by atoms with Crippen LogP contribution in [0.25, 0.3) is 0 Å². The monoisotopic (exact) mass is 268 g/mol. The molecule has 0 saturated heterocycles. The largest absolute Gasteiger partial charge is 0.478 e. The Labute approximate surface area is 102 Å². The third-order valence-corrected chi connectivity index (χ3v) is 2.97. The Kier molecular flexibility index (Phi) is 7.16. The van der Waals surface area contributed by atoms with E-state index in [1.54, 1.807) is 6.92 Å². The van der Waals surface area contributed by atoms with Gasteiger partial charge in [0.15, 0.2) is 5.12 Å². The van der Waals surface area contributed by atoms with Crippen LogP contribution in [-0.2, 0) is 19.1 Å². The summed E-state index contributed by atoms with van der Waals surface area (Å²) < 4.78 is 4.66. The molecule has 7 heteroatoms. The van der Waals surface area contributed by atoms with Gasteiger partial charge in [-0.2, -0.15) is 0 Å². The molecule has 0 aromatic heterocycles. The molecule has 0 rings (SSSR count). The van der Waals surface area contributed by atoms with Gasteiger partial charge in [-0.1, -0.05) is 18.7 Å². The van der Waals surface area contributed by atoms with E-state index in [1.807, 2.05) is 0 Å². The van der Waals surface area contributed by atoms with Gasteiger partial charge in [-0.15, -0.1) is 11.6 Å². The Morgan fingerprint density at radius 2 is 2.00 bits per heavy atom. The Morgan fingerprint density at radius 1 is 1.44 bits per heavy atom. The lowest BCUT2D eigenvalue weighted by Crippen LogP contribution is -2.31. The first kappa shape index (κ1) is 15.2. The summed E-state index contributed by atoms with van der Waals surface area (Å²) in [5.41, 5.74) is 0. The van der Waals surface area contributed by atoms with Crippen LogP contribution in [0.5, 0.6) is 0 Å². The molecule has 0 aliphatic carbocycles. The average Bonchev–Trinajstić information content (AvgIpc) is 2.21. The molecule has 0 amide bonds. The lowest BCUT2D eigenvalue weighted by Gasteiger charge is -2.14. The molecule has 0 aromatic carbocycles. The van der Waals surface area contributed by atoms with Gasteiger partial charge >= 0.3 is 11.9 Å². The third-order valence-electron chi connectivity index (χ3n) is 1.61. The number of alkyl halides is 1. The van der Waals surface area contributed by atoms with Crippen molar-refractivity contribution in [3.63, 3.8) is 0 Å². The second kappa shape index (κ2) is 7.51. The zero-order chi connectivity index (χ0) is 12.7. The van der Waals surface area contributed by atoms with Gasteiger partial charge in [-0.05, 0) is 0 Å². The Hall–Kier alpha value is -0.750. The molecule has 0 saturated carbocycles. The van der Waals surface area contributed by atoms with E-state index in [-0.39, 0.29) is 16.7 Å². The maximum absolute atomic E-state index is 11.4. The molecule has 16 heavy (non-hydrogen) atoms. The molecule has 0 aliphatic rings. The maximum Gasteiger partial charge on any atom is 0.346 e. The van der Waals surface area contributed by atoms with Crippen LogP contribution >= 0.6 is 23.4 Å². The molecule has 0 heterocycles. The minimum absolute atomic E-state index is 0.105. The van der Waals surface area contributed by atoms with Crippen LogP contribution in [0.4, 0.5) is 0 Å². The van der Waals surface area contributed by atoms with Crippen LogP contribution in [0.1, 0.15) is 13.8 Å². The number of halogens is 1. The molecular weight excluding hydrogens is 256 g/mol. The van der Waals surface area contributed by atoms with E-state index >= 15 is 0 Å². The first-order chi connectivity index (χ1) is 7.38. The average molecular weight is 269 g/mol. The molecule has 1 unspecified atom stereocenters. The minimum atomic E-state index is -1.33. The molecule has 0 aliphatic heterocycles. The van der Waals surface area contributed by atoms with Gasteiger partial charge in [0.05, 0.1) is 11.8 Å². The first-order valence-electron chi connectivity index (χ1n) is 4.51. The van der Waals surface area contributed by atoms with Crippen molar-refractivity contribution in [2.45, 2.75) is 20.0 Å². The van der Waals surface area contributed by atoms with Crippen LogP contribution in [0.3, 0.4) is 0 Å². The third kappa shape index (κ3) is 5.97. The number of hydrogen-bond acceptors (Lipinski definition) is 5. The lowest BCUT2D eigenvalue weighted by atomic mass is 10.2. The number of aliphatic carboxylic acids is 1. The predicted molar refractivity (Wildman–Crippen MR) is 60.5 cm³/mol. The van der Waals surface area contributed by atoms with Gasteiger partial charge in [-0.3, -0.25) is 9.59 Å². The predicted octanol–water partition coefficient (Wildman–Crippen LogP) is 1.14. The number of carbonyl (C=O) groups is 3. The number of esters is 1. The highest BCUT2D eigenvalue weighted by Crippen LogP contribution is 2.12. The van der Waals surface area contributed by atoms with Gasteiger partial charge in [-0.25, -0.2) is 4.79 Å². The number of carboxylic acid groups (broad SMARTS) is 1. The van der Waals surface area contributed by atoms with E-state index in [0.29, 0.717) is 0 Å². The van der Waals surface area contributed by atoms with E-state index in [0.717, 1.165) is 11.8 Å². The lowest BCUT2D eigenvalue weighted by molar-refractivity contribution is -0.164. The SMILES string of the molecule is CC(=O)SC[C@H](C)C(=O)OC(CCl)C(=O)O. The Balaban J connectivity index is 4.13. The fourth-order valence-corrected chi connectivity index (χ4v) is 1.53. The fourth-order valence-electron chi connectivity index (χ4n) is 0.715. The van der Waals surface area contributed by atoms with Crippen LogP contribution in [-0.4, -0.2) is 39.9 Å². The summed E-state index contributed by atoms with van der Waals surface area (Å²) >= 11 is 6.31. The Bertz CT molecular complexity index is 281. The highest BCUT2D eigenvalue weighted by Gasteiger charge is 2.24. The van der Waals surface area contributed by atoms with E-state index in [2.05, 4.69) is 4.74 Å². The van der Waals surface area contributed by atoms with Gasteiger partial charge < -0.3 is 9.84 Å². The molecule has 0 fully saturated rings. The van der Waals surface area contributed by atoms with Crippen molar-refractivity contribution < 1.29 is 24.2 Å². The van der Waals surface area contributed by atoms with Crippen LogP contribution in [0.2, 0.25) is 0 Å². The summed E-state index contributed by atoms with van der Waals surface area (Å²) in [5.74, 6) is -2.52. The molecule has 0 spiro atoms. The number of carboxylic acids is 1. The number of ether oxygens (including phenoxy) is 1. The van der Waals surface area contributed by atoms with Crippen LogP contribution in [0, 0.1) is 5.92 Å². The smallest absolute Gasteiger partial charge is 0.346 e. The minimum Gasteiger partial charge on any atom is -0.478 e. The van der Waals surface area contributed by atoms with Crippen LogP contribution in [0.15, 0.2) is 0 Å². The molecular formula is C9H13ClO5S. The summed E-state index contributed by atoms with van der Waals surface area (Å²) in [5, 5.41) is 8.50. The Morgan fingerprint density at radius 3 is 2.38 bits per heavy atom. The molecule has 0 bridgehead atoms. The van der Waals surface area contributed by atoms with Crippen molar-refractivity contribution in [1.29, 1.82) is 0 Å². The standard InChI is InChI=1S/C9H13ClO5S/c1-5(4-16-6(2)11)9(14)15-7(3-10)8(12)13/h5,7H,3-4H2,1-2H3,(H,12,13)/t5-,7?/m0/s1. The molecule has 92 valence electrons. The highest BCUT2D eigenvalue weighted by molar-refractivity contribution is 8.13. The van der Waals surface area contributed by atoms with Gasteiger partial charge in [0.1, 0.15) is 0 Å². The van der Waals surface area contributed by atoms with Crippen molar-refractivity contribution >= 4 is 40.4 Å². The molecule has 0 aromatic rings. The van der Waals surface area contributed by atoms with Crippen molar-refractivity contribution in [2.24, 2.45) is 5.92 Å². The second-order valence-corrected chi connectivity index (χ2v) is 4.63. The van der Waals surface area contributed by atoms with Crippen molar-refractivity contribution in [2.75, 3.05) is 11.6 Å². The number of rotatable bonds is 6. The summed E-state index contributed by atoms with van der Waals surface area (Å²) in [6.07, 6.45) is -1.33. The van der Waals surface area contributed by atoms with Gasteiger partial charge in [0.25, 0.3) is 0 Å². The number of carbonyl (C=O) groups excluding carboxylic acids is 2. The van der Waals surface area contributed by atoms with Crippen LogP contribution < -0.4 is 0 Å². The maximum atomic E-state index is 11.4. The number of hydrogen-bond donors (Lipinski definition) is 1. The summed E-state index contributed by atoms with van der Waals surface area (Å²) in [7, 11) is 0. The van der Waals surface area contributed by atoms with Crippen molar-refractivity contribution in [3.05, 3.63) is 0 Å². The first-order valence-corrected chi connectivity index (χ1v) is 6.03. The topological polar surface area (TPSA) is 80.7 Å². The summed E-state index contributed by atoms with van der Waals surface area (Å²) in [4.78, 5) is 32.5. The van der Waals surface area contributed by atoms with E-state index in [1.165, 1.54) is 6.92 Å². The summed E-state index contributed by atoms with van der Waals surface area (Å²) in [6.45, 7) is 2.95. The summed E-state index contributed by atoms with van der Waals surface area (Å²) in [6, 6.07) is 0. The van der Waals surface area contributed by atoms with E-state index in [4.69, 9.17) is 16.7 Å². The van der Waals surface area contributed by atoms with E-state index < -0.39 is 24.0 Å². The normalized spacial score (nSPS) is 13.9. The molecule has 0 radical (unpaired) electrons. The number of thioether (sulfide) groups is 1. The van der Waals surface area contributed by atoms with Crippen molar-refractivity contribution in [1.82, 2.24) is 0 Å². The molecule has 1 N–H and O–H groups in total. The quantitative estimate of drug-likeness (QED) is 0.575. The van der Waals surface area contributed by atoms with E-state index in [9.17, 15) is 14.4 Å². The van der Waals surface area contributed by atoms with Gasteiger partial charge in [0.2, 0.25) is 6.10 Å². The highest BCUT2D eigenvalue weighted by atomic mass is 35.5. The fraction of sp³-hybridized carbons (Fsp3) is 0.667. The second-order valence-electron chi connectivity index (χ2n) is 3.12. The molecule has 2 atom stereocenters.